The van der Waals surface area contributed by atoms with E-state index in [4.69, 9.17) is 0 Å². The molecule has 0 atom stereocenters. The summed E-state index contributed by atoms with van der Waals surface area (Å²) in [7, 11) is 0. The molecule has 0 bridgehead atoms. The second kappa shape index (κ2) is 13.1. The summed E-state index contributed by atoms with van der Waals surface area (Å²) in [5.41, 5.74) is -0.0174. The standard InChI is InChI=1S/C5H10N4.C5H9N4.2C4H5N.CH4/c2*1-5(2,3)4-6-8-9-7-4;2*1-2-4-5-3-1;/h1-3H3,(H,6,7,8,9);1-3H3;1,3-4H,2H2;1-5H;1H4/q;-1;;;. The van der Waals surface area contributed by atoms with Gasteiger partial charge >= 0.3 is 0 Å². The summed E-state index contributed by atoms with van der Waals surface area (Å²) in [6, 6.07) is 3.89. The lowest BCUT2D eigenvalue weighted by molar-refractivity contribution is 0.543. The number of nitrogens with zero attached hydrogens (tertiary/aromatic N) is 8. The first-order valence-corrected chi connectivity index (χ1v) is 8.89. The second-order valence-corrected chi connectivity index (χ2v) is 7.77. The van der Waals surface area contributed by atoms with Gasteiger partial charge in [0.05, 0.1) is 0 Å². The van der Waals surface area contributed by atoms with Crippen LogP contribution in [0.1, 0.15) is 67.0 Å². The van der Waals surface area contributed by atoms with Crippen molar-refractivity contribution >= 4 is 6.21 Å². The Kier molecular flexibility index (Phi) is 11.7. The third-order valence-corrected chi connectivity index (χ3v) is 3.04. The molecule has 0 unspecified atom stereocenters. The average Bonchev–Trinajstić information content (AvgIpc) is 3.50. The third kappa shape index (κ3) is 12.0. The summed E-state index contributed by atoms with van der Waals surface area (Å²) in [4.78, 5) is 6.64. The van der Waals surface area contributed by atoms with Gasteiger partial charge in [0, 0.05) is 42.5 Å². The van der Waals surface area contributed by atoms with E-state index in [-0.39, 0.29) is 18.3 Å². The fourth-order valence-electron chi connectivity index (χ4n) is 1.51. The minimum absolute atomic E-state index is 0. The van der Waals surface area contributed by atoms with Gasteiger partial charge in [-0.05, 0) is 17.5 Å². The van der Waals surface area contributed by atoms with Gasteiger partial charge < -0.3 is 10.1 Å². The van der Waals surface area contributed by atoms with Gasteiger partial charge in [-0.3, -0.25) is 15.3 Å². The largest absolute Gasteiger partial charge is 0.368 e. The van der Waals surface area contributed by atoms with Crippen LogP contribution in [-0.2, 0) is 10.8 Å². The number of tetrazole rings is 2. The Bertz CT molecular complexity index is 687. The Morgan fingerprint density at radius 1 is 0.966 bits per heavy atom. The highest BCUT2D eigenvalue weighted by molar-refractivity contribution is 5.62. The molecule has 0 fully saturated rings. The molecule has 0 saturated carbocycles. The van der Waals surface area contributed by atoms with Crippen LogP contribution in [0.25, 0.3) is 0 Å². The van der Waals surface area contributed by atoms with Crippen LogP contribution in [0.3, 0.4) is 0 Å². The number of hydrogen-bond donors (Lipinski definition) is 2. The van der Waals surface area contributed by atoms with Crippen LogP contribution >= 0.6 is 0 Å². The smallest absolute Gasteiger partial charge is 0.179 e. The predicted molar refractivity (Wildman–Crippen MR) is 114 cm³/mol. The monoisotopic (exact) mass is 401 g/mol. The van der Waals surface area contributed by atoms with Crippen molar-refractivity contribution in [3.63, 3.8) is 0 Å². The normalized spacial score (nSPS) is 11.8. The van der Waals surface area contributed by atoms with Crippen LogP contribution in [0, 0.1) is 0 Å². The van der Waals surface area contributed by atoms with Crippen molar-refractivity contribution in [1.82, 2.24) is 46.2 Å². The minimum Gasteiger partial charge on any atom is -0.368 e. The third-order valence-electron chi connectivity index (χ3n) is 3.04. The molecule has 10 nitrogen and oxygen atoms in total. The molecule has 160 valence electrons. The summed E-state index contributed by atoms with van der Waals surface area (Å²) in [5.74, 6) is 1.45. The van der Waals surface area contributed by atoms with Gasteiger partial charge in [-0.25, -0.2) is 0 Å². The maximum atomic E-state index is 3.84. The van der Waals surface area contributed by atoms with E-state index in [0.717, 1.165) is 12.2 Å². The summed E-state index contributed by atoms with van der Waals surface area (Å²) < 4.78 is 0. The molecule has 0 aromatic carbocycles. The zero-order chi connectivity index (χ0) is 20.9. The van der Waals surface area contributed by atoms with Crippen molar-refractivity contribution in [3.05, 3.63) is 48.5 Å². The van der Waals surface area contributed by atoms with Crippen LogP contribution in [0.5, 0.6) is 0 Å². The Labute approximate surface area is 172 Å². The van der Waals surface area contributed by atoms with Crippen molar-refractivity contribution < 1.29 is 0 Å². The summed E-state index contributed by atoms with van der Waals surface area (Å²) in [6.07, 6.45) is 10.5. The van der Waals surface area contributed by atoms with E-state index in [0.29, 0.717) is 5.82 Å². The van der Waals surface area contributed by atoms with Gasteiger partial charge in [0.25, 0.3) is 0 Å². The second-order valence-electron chi connectivity index (χ2n) is 7.77. The fourth-order valence-corrected chi connectivity index (χ4v) is 1.51. The Morgan fingerprint density at radius 2 is 1.66 bits per heavy atom. The van der Waals surface area contributed by atoms with Crippen LogP contribution in [0.2, 0.25) is 0 Å². The summed E-state index contributed by atoms with van der Waals surface area (Å²) in [6.45, 7) is 12.2. The van der Waals surface area contributed by atoms with Crippen LogP contribution in [-0.4, -0.2) is 47.3 Å². The average molecular weight is 402 g/mol. The lowest BCUT2D eigenvalue weighted by atomic mass is 9.96. The zero-order valence-corrected chi connectivity index (χ0v) is 17.3. The summed E-state index contributed by atoms with van der Waals surface area (Å²) in [5, 5.41) is 27.7. The van der Waals surface area contributed by atoms with Gasteiger partial charge in [-0.1, -0.05) is 60.3 Å². The molecule has 29 heavy (non-hydrogen) atoms. The van der Waals surface area contributed by atoms with Crippen molar-refractivity contribution in [2.24, 2.45) is 4.99 Å². The predicted octanol–water partition coefficient (Wildman–Crippen LogP) is 3.25. The molecule has 3 aromatic rings. The number of rotatable bonds is 0. The number of aliphatic imine (C=N–C) groups is 1. The number of H-pyrrole nitrogens is 2. The van der Waals surface area contributed by atoms with Crippen molar-refractivity contribution in [2.75, 3.05) is 0 Å². The number of allylic oxidation sites excluding steroid dienone is 1. The Hall–Kier alpha value is -3.17. The molecule has 1 aliphatic heterocycles. The minimum atomic E-state index is -0.0243. The van der Waals surface area contributed by atoms with E-state index in [9.17, 15) is 0 Å². The molecular weight excluding hydrogens is 368 g/mol. The molecule has 0 spiro atoms. The zero-order valence-electron chi connectivity index (χ0n) is 17.3. The van der Waals surface area contributed by atoms with Crippen LogP contribution in [0.4, 0.5) is 0 Å². The lowest BCUT2D eigenvalue weighted by Gasteiger charge is -2.16. The molecule has 0 saturated heterocycles. The Morgan fingerprint density at radius 3 is 1.86 bits per heavy atom. The molecule has 1 aliphatic rings. The molecule has 0 aliphatic carbocycles. The first-order chi connectivity index (χ1) is 13.2. The molecule has 2 N–H and O–H groups in total. The molecule has 0 amide bonds. The maximum absolute atomic E-state index is 3.84. The van der Waals surface area contributed by atoms with Crippen LogP contribution < -0.4 is 5.10 Å². The topological polar surface area (TPSA) is 135 Å². The van der Waals surface area contributed by atoms with E-state index < -0.39 is 0 Å². The molecule has 3 aromatic heterocycles. The van der Waals surface area contributed by atoms with E-state index in [1.54, 1.807) is 6.20 Å². The van der Waals surface area contributed by atoms with Gasteiger partial charge in [-0.15, -0.1) is 10.2 Å². The number of aromatic nitrogens is 9. The van der Waals surface area contributed by atoms with Gasteiger partial charge in [0.15, 0.2) is 5.82 Å². The highest BCUT2D eigenvalue weighted by atomic mass is 15.5. The van der Waals surface area contributed by atoms with Crippen molar-refractivity contribution in [2.45, 2.75) is 66.2 Å². The first-order valence-electron chi connectivity index (χ1n) is 8.89. The van der Waals surface area contributed by atoms with Gasteiger partial charge in [0.2, 0.25) is 0 Å². The SMILES string of the molecule is C.C1=CN=CC1.CC(C)(C)c1nn[nH]n1.CC(C)(C)c1nnn[n-]1.c1cc[nH]c1. The molecule has 4 heterocycles. The maximum Gasteiger partial charge on any atom is 0.179 e. The van der Waals surface area contributed by atoms with Crippen molar-refractivity contribution in [3.8, 4) is 0 Å². The van der Waals surface area contributed by atoms with Crippen LogP contribution in [0.15, 0.2) is 41.8 Å². The lowest BCUT2D eigenvalue weighted by Crippen LogP contribution is -2.14. The van der Waals surface area contributed by atoms with Gasteiger partial charge in [-0.2, -0.15) is 10.4 Å². The van der Waals surface area contributed by atoms with E-state index in [1.807, 2.05) is 78.4 Å². The number of aromatic amines is 2. The quantitative estimate of drug-likeness (QED) is 0.590. The molecular formula is C19H33N10-. The fraction of sp³-hybridized carbons (Fsp3) is 0.526. The highest BCUT2D eigenvalue weighted by Gasteiger charge is 2.17. The highest BCUT2D eigenvalue weighted by Crippen LogP contribution is 2.15. The number of nitrogens with one attached hydrogen (secondary N) is 2. The molecule has 4 rings (SSSR count). The Balaban J connectivity index is 0.000000369. The first kappa shape index (κ1) is 25.8. The number of hydrogen-bond acceptors (Lipinski definition) is 7. The van der Waals surface area contributed by atoms with Crippen molar-refractivity contribution in [1.29, 1.82) is 0 Å². The van der Waals surface area contributed by atoms with Gasteiger partial charge in [0.1, 0.15) is 0 Å². The molecule has 10 heteroatoms. The van der Waals surface area contributed by atoms with E-state index in [2.05, 4.69) is 51.2 Å². The van der Waals surface area contributed by atoms with E-state index >= 15 is 0 Å². The summed E-state index contributed by atoms with van der Waals surface area (Å²) >= 11 is 0. The molecule has 0 radical (unpaired) electrons. The van der Waals surface area contributed by atoms with E-state index in [1.165, 1.54) is 0 Å².